The highest BCUT2D eigenvalue weighted by Gasteiger charge is 2.41. The molecule has 1 amide bonds. The number of aliphatic hydroxyl groups excluding tert-OH is 3. The zero-order valence-electron chi connectivity index (χ0n) is 40.6. The second-order valence-electron chi connectivity index (χ2n) is 19.2. The monoisotopic (exact) mass is 914 g/mol. The fraction of sp³-hybridized carbons (Fsp3) is 0.725. The highest BCUT2D eigenvalue weighted by atomic mass is 16.5. The summed E-state index contributed by atoms with van der Waals surface area (Å²) in [6.45, 7) is 12.5. The molecular formula is C51H79NO13. The van der Waals surface area contributed by atoms with E-state index in [1.54, 1.807) is 48.0 Å². The van der Waals surface area contributed by atoms with Gasteiger partial charge in [0.05, 0.1) is 24.4 Å². The van der Waals surface area contributed by atoms with Gasteiger partial charge in [0.2, 0.25) is 5.78 Å². The van der Waals surface area contributed by atoms with Crippen molar-refractivity contribution in [3.8, 4) is 0 Å². The topological polar surface area (TPSA) is 203 Å². The van der Waals surface area contributed by atoms with E-state index in [2.05, 4.69) is 0 Å². The van der Waals surface area contributed by atoms with E-state index in [4.69, 9.17) is 18.9 Å². The molecule has 1 saturated carbocycles. The van der Waals surface area contributed by atoms with Gasteiger partial charge in [-0.25, -0.2) is 4.79 Å². The van der Waals surface area contributed by atoms with Crippen molar-refractivity contribution >= 4 is 35.0 Å². The maximum atomic E-state index is 14.2. The number of piperidine rings is 1. The van der Waals surface area contributed by atoms with Crippen molar-refractivity contribution in [1.29, 1.82) is 0 Å². The molecule has 14 nitrogen and oxygen atoms in total. The molecule has 3 rings (SSSR count). The van der Waals surface area contributed by atoms with Crippen molar-refractivity contribution in [3.05, 3.63) is 47.6 Å². The van der Waals surface area contributed by atoms with Gasteiger partial charge in [-0.1, -0.05) is 71.1 Å². The Bertz CT molecular complexity index is 1730. The Morgan fingerprint density at radius 3 is 2.15 bits per heavy atom. The van der Waals surface area contributed by atoms with Gasteiger partial charge in [0.1, 0.15) is 30.1 Å². The van der Waals surface area contributed by atoms with E-state index >= 15 is 0 Å². The molecule has 14 heteroatoms. The van der Waals surface area contributed by atoms with Crippen LogP contribution in [0.4, 0.5) is 0 Å². The number of hydrogen-bond acceptors (Lipinski definition) is 13. The number of amides is 1. The van der Waals surface area contributed by atoms with Crippen LogP contribution in [0.2, 0.25) is 0 Å². The Hall–Kier alpha value is -3.66. The summed E-state index contributed by atoms with van der Waals surface area (Å²) in [6, 6.07) is -1.15. The van der Waals surface area contributed by atoms with Crippen molar-refractivity contribution in [2.24, 2.45) is 35.5 Å². The molecule has 0 aromatic heterocycles. The zero-order valence-corrected chi connectivity index (χ0v) is 40.6. The summed E-state index contributed by atoms with van der Waals surface area (Å²) in [5, 5.41) is 32.8. The molecular weight excluding hydrogens is 835 g/mol. The number of carbonyl (C=O) groups excluding carboxylic acids is 6. The molecule has 3 aliphatic rings. The van der Waals surface area contributed by atoms with E-state index in [1.807, 2.05) is 51.2 Å². The molecule has 366 valence electrons. The molecule has 0 unspecified atom stereocenters. The number of Topliss-reactive ketones (excluding diaryl/α,β-unsaturated/α-hetero) is 4. The smallest absolute Gasteiger partial charge is 0.329 e. The third kappa shape index (κ3) is 16.6. The number of methoxy groups -OCH3 is 3. The molecule has 1 saturated heterocycles. The fourth-order valence-corrected chi connectivity index (χ4v) is 9.49. The number of carbonyl (C=O) groups is 6. The van der Waals surface area contributed by atoms with Crippen LogP contribution in [0, 0.1) is 35.5 Å². The summed E-state index contributed by atoms with van der Waals surface area (Å²) >= 11 is 0. The maximum absolute atomic E-state index is 14.2. The number of cyclic esters (lactones) is 1. The first kappa shape index (κ1) is 55.7. The Balaban J connectivity index is 1.98. The number of aliphatic hydroxyl groups is 3. The lowest BCUT2D eigenvalue weighted by molar-refractivity contribution is -0.166. The summed E-state index contributed by atoms with van der Waals surface area (Å²) in [5.41, 5.74) is 1.23. The van der Waals surface area contributed by atoms with Crippen LogP contribution in [0.3, 0.4) is 0 Å². The van der Waals surface area contributed by atoms with Crippen LogP contribution in [-0.2, 0) is 47.7 Å². The lowest BCUT2D eigenvalue weighted by Gasteiger charge is -2.37. The first-order chi connectivity index (χ1) is 30.7. The van der Waals surface area contributed by atoms with Crippen molar-refractivity contribution in [2.75, 3.05) is 27.9 Å². The summed E-state index contributed by atoms with van der Waals surface area (Å²) in [6.07, 6.45) is 9.93. The van der Waals surface area contributed by atoms with Crippen LogP contribution >= 0.6 is 0 Å². The van der Waals surface area contributed by atoms with Gasteiger partial charge in [-0.3, -0.25) is 24.0 Å². The van der Waals surface area contributed by atoms with Gasteiger partial charge in [-0.2, -0.15) is 0 Å². The normalized spacial score (nSPS) is 37.7. The van der Waals surface area contributed by atoms with Crippen LogP contribution in [0.5, 0.6) is 0 Å². The average Bonchev–Trinajstić information content (AvgIpc) is 3.28. The van der Waals surface area contributed by atoms with Crippen molar-refractivity contribution in [1.82, 2.24) is 4.90 Å². The Labute approximate surface area is 387 Å². The number of hydrogen-bond donors (Lipinski definition) is 3. The van der Waals surface area contributed by atoms with Crippen LogP contribution in [0.1, 0.15) is 126 Å². The molecule has 0 aromatic carbocycles. The highest BCUT2D eigenvalue weighted by Crippen LogP contribution is 2.34. The second kappa shape index (κ2) is 27.2. The van der Waals surface area contributed by atoms with Crippen LogP contribution in [0.25, 0.3) is 0 Å². The van der Waals surface area contributed by atoms with Crippen LogP contribution < -0.4 is 0 Å². The summed E-state index contributed by atoms with van der Waals surface area (Å²) in [5.74, 6) is -6.85. The van der Waals surface area contributed by atoms with Crippen LogP contribution in [0.15, 0.2) is 47.6 Å². The quantitative estimate of drug-likeness (QED) is 0.159. The second-order valence-corrected chi connectivity index (χ2v) is 19.2. The third-order valence-corrected chi connectivity index (χ3v) is 13.8. The van der Waals surface area contributed by atoms with Gasteiger partial charge in [0.25, 0.3) is 11.7 Å². The largest absolute Gasteiger partial charge is 0.460 e. The summed E-state index contributed by atoms with van der Waals surface area (Å²) < 4.78 is 22.9. The molecule has 2 aliphatic heterocycles. The highest BCUT2D eigenvalue weighted by molar-refractivity contribution is 6.63. The van der Waals surface area contributed by atoms with E-state index in [1.165, 1.54) is 7.11 Å². The van der Waals surface area contributed by atoms with E-state index in [-0.39, 0.29) is 74.1 Å². The number of esters is 1. The van der Waals surface area contributed by atoms with Gasteiger partial charge in [0, 0.05) is 58.5 Å². The molecule has 0 aromatic rings. The molecule has 3 N–H and O–H groups in total. The first-order valence-corrected chi connectivity index (χ1v) is 23.7. The molecule has 0 spiro atoms. The molecule has 0 bridgehead atoms. The molecule has 0 radical (unpaired) electrons. The standard InChI is InChI=1S/C51H79NO13/c1-30-16-12-11-13-17-31(2)42(62-8)28-38(53)21-19-32(3)45(56)48(59)50(60)52-23-15-14-18-39(52)51(61)65-43(34(5)26-37-20-22-40(54)44(27-37)63-9)29-41(55)33(4)25-36(7)47(58)49(64-10)46(57)35(6)24-30/h11-13,16-17,25,30,32-35,37-40,42-44,47,49,53-54,58H,14-15,18-24,26-29H2,1-10H3/b13-11+,16-12+,31-17+,36-25+/t30-,32-,33-,34-,35-,37+,38+,39+,40-,42+,43+,44-,47-,49+/m1/s1. The number of fused-ring (bicyclic) bond motifs is 1. The summed E-state index contributed by atoms with van der Waals surface area (Å²) in [7, 11) is 4.47. The first-order valence-electron chi connectivity index (χ1n) is 23.7. The van der Waals surface area contributed by atoms with Crippen molar-refractivity contribution in [2.45, 2.75) is 174 Å². The van der Waals surface area contributed by atoms with E-state index in [0.717, 1.165) is 10.5 Å². The third-order valence-electron chi connectivity index (χ3n) is 13.8. The zero-order chi connectivity index (χ0) is 48.5. The number of nitrogens with zero attached hydrogens (tertiary/aromatic N) is 1. The predicted molar refractivity (Wildman–Crippen MR) is 246 cm³/mol. The van der Waals surface area contributed by atoms with Crippen molar-refractivity contribution in [3.63, 3.8) is 0 Å². The number of ketones is 4. The van der Waals surface area contributed by atoms with Crippen LogP contribution in [-0.4, -0.2) is 132 Å². The van der Waals surface area contributed by atoms with E-state index < -0.39 is 83.9 Å². The minimum Gasteiger partial charge on any atom is -0.460 e. The van der Waals surface area contributed by atoms with E-state index in [0.29, 0.717) is 50.5 Å². The Kier molecular flexibility index (Phi) is 23.3. The Morgan fingerprint density at radius 2 is 1.49 bits per heavy atom. The maximum Gasteiger partial charge on any atom is 0.329 e. The summed E-state index contributed by atoms with van der Waals surface area (Å²) in [4.78, 5) is 83.7. The van der Waals surface area contributed by atoms with Gasteiger partial charge < -0.3 is 39.2 Å². The molecule has 14 atom stereocenters. The number of allylic oxidation sites excluding steroid dienone is 6. The molecule has 1 aliphatic carbocycles. The molecule has 2 fully saturated rings. The number of ether oxygens (including phenoxy) is 4. The minimum absolute atomic E-state index is 0.0125. The molecule has 2 heterocycles. The van der Waals surface area contributed by atoms with Gasteiger partial charge in [-0.05, 0) is 107 Å². The fourth-order valence-electron chi connectivity index (χ4n) is 9.49. The lowest BCUT2D eigenvalue weighted by atomic mass is 9.78. The van der Waals surface area contributed by atoms with Gasteiger partial charge >= 0.3 is 5.97 Å². The lowest BCUT2D eigenvalue weighted by Crippen LogP contribution is -2.53. The van der Waals surface area contributed by atoms with Crippen molar-refractivity contribution < 1.29 is 63.0 Å². The predicted octanol–water partition coefficient (Wildman–Crippen LogP) is 6.02. The van der Waals surface area contributed by atoms with Gasteiger partial charge in [0.15, 0.2) is 5.78 Å². The average molecular weight is 914 g/mol. The SMILES string of the molecule is CO[C@H]1C[C@@H](O)CC[C@@H](C)C(=O)C(=O)C(=O)N2CCCC[C@H]2C(=O)O[C@H]([C@H](C)C[C@@H]2CC[C@@H](O)[C@H](OC)C2)CC(=O)[C@H](C)/C=C(\C)[C@@H](O)[C@@H](OC)C(=O)[C@H](C)C[C@H](C)/C=C/C=C/C=C/1C. The number of rotatable bonds is 6. The van der Waals surface area contributed by atoms with E-state index in [9.17, 15) is 44.1 Å². The minimum atomic E-state index is -1.33. The Morgan fingerprint density at radius 1 is 0.785 bits per heavy atom. The molecule has 65 heavy (non-hydrogen) atoms. The van der Waals surface area contributed by atoms with Gasteiger partial charge in [-0.15, -0.1) is 0 Å².